The molecule has 1 atom stereocenters. The van der Waals surface area contributed by atoms with Gasteiger partial charge < -0.3 is 24.2 Å². The van der Waals surface area contributed by atoms with Crippen molar-refractivity contribution in [2.75, 3.05) is 27.7 Å². The summed E-state index contributed by atoms with van der Waals surface area (Å²) in [7, 11) is 5.58. The van der Waals surface area contributed by atoms with Gasteiger partial charge in [0.15, 0.2) is 6.10 Å². The number of rotatable bonds is 9. The summed E-state index contributed by atoms with van der Waals surface area (Å²) in [6.07, 6.45) is -1.12. The predicted octanol–water partition coefficient (Wildman–Crippen LogP) is -1.00. The van der Waals surface area contributed by atoms with Crippen LogP contribution >= 0.6 is 0 Å². The second-order valence-corrected chi connectivity index (χ2v) is 5.41. The monoisotopic (exact) mass is 275 g/mol. The summed E-state index contributed by atoms with van der Waals surface area (Å²) >= 11 is 0. The molecule has 0 spiro atoms. The van der Waals surface area contributed by atoms with E-state index in [0.29, 0.717) is 11.0 Å². The summed E-state index contributed by atoms with van der Waals surface area (Å²) in [6, 6.07) is 0. The first-order valence-corrected chi connectivity index (χ1v) is 6.01. The van der Waals surface area contributed by atoms with Crippen LogP contribution in [0.25, 0.3) is 0 Å². The number of carbonyl (C=O) groups is 3. The van der Waals surface area contributed by atoms with Gasteiger partial charge in [-0.2, -0.15) is 0 Å². The normalized spacial score (nSPS) is 12.8. The number of nitrogens with zero attached hydrogens (tertiary/aromatic N) is 1. The molecule has 0 aliphatic heterocycles. The van der Waals surface area contributed by atoms with Crippen molar-refractivity contribution in [3.63, 3.8) is 0 Å². The Balaban J connectivity index is 4.26. The minimum atomic E-state index is -1.22. The SMILES string of the molecule is C[N+](C)(C)C[C@@H](CC(=O)O)OC(=O)CCCC(=O)[O-]. The Hall–Kier alpha value is -1.63. The van der Waals surface area contributed by atoms with Gasteiger partial charge in [-0.25, -0.2) is 0 Å². The van der Waals surface area contributed by atoms with E-state index in [2.05, 4.69) is 0 Å². The van der Waals surface area contributed by atoms with Crippen LogP contribution in [0.1, 0.15) is 25.7 Å². The Morgan fingerprint density at radius 2 is 1.79 bits per heavy atom. The molecule has 0 aliphatic rings. The smallest absolute Gasteiger partial charge is 0.307 e. The molecule has 0 radical (unpaired) electrons. The average molecular weight is 275 g/mol. The van der Waals surface area contributed by atoms with Crippen LogP contribution in [0.5, 0.6) is 0 Å². The van der Waals surface area contributed by atoms with E-state index in [-0.39, 0.29) is 25.7 Å². The lowest BCUT2D eigenvalue weighted by molar-refractivity contribution is -0.873. The van der Waals surface area contributed by atoms with Gasteiger partial charge in [0, 0.05) is 12.4 Å². The highest BCUT2D eigenvalue weighted by Crippen LogP contribution is 2.08. The summed E-state index contributed by atoms with van der Waals surface area (Å²) < 4.78 is 5.53. The van der Waals surface area contributed by atoms with Crippen molar-refractivity contribution < 1.29 is 33.8 Å². The van der Waals surface area contributed by atoms with Crippen molar-refractivity contribution in [2.24, 2.45) is 0 Å². The first-order valence-electron chi connectivity index (χ1n) is 6.01. The number of likely N-dealkylation sites (N-methyl/N-ethyl adjacent to an activating group) is 1. The molecule has 0 heterocycles. The standard InChI is InChI=1S/C12H21NO6/c1-13(2,3)8-9(7-11(16)17)19-12(18)6-4-5-10(14)15/h9H,4-8H2,1-3H3,(H-,14,15,16,17)/t9-/m1/s1. The zero-order valence-corrected chi connectivity index (χ0v) is 11.5. The van der Waals surface area contributed by atoms with Crippen molar-refractivity contribution in [1.29, 1.82) is 0 Å². The number of carboxylic acids is 2. The molecule has 0 aliphatic carbocycles. The van der Waals surface area contributed by atoms with Crippen molar-refractivity contribution in [3.05, 3.63) is 0 Å². The van der Waals surface area contributed by atoms with Crippen LogP contribution in [0.3, 0.4) is 0 Å². The van der Waals surface area contributed by atoms with Crippen molar-refractivity contribution in [3.8, 4) is 0 Å². The number of hydrogen-bond donors (Lipinski definition) is 1. The maximum atomic E-state index is 11.5. The van der Waals surface area contributed by atoms with Crippen LogP contribution in [-0.2, 0) is 19.1 Å². The van der Waals surface area contributed by atoms with Crippen LogP contribution in [-0.4, -0.2) is 61.3 Å². The zero-order chi connectivity index (χ0) is 15.1. The molecule has 0 saturated carbocycles. The number of quaternary nitrogens is 1. The van der Waals surface area contributed by atoms with E-state index >= 15 is 0 Å². The van der Waals surface area contributed by atoms with Crippen LogP contribution in [0.2, 0.25) is 0 Å². The van der Waals surface area contributed by atoms with Gasteiger partial charge in [-0.3, -0.25) is 9.59 Å². The summed E-state index contributed by atoms with van der Waals surface area (Å²) in [5, 5.41) is 19.0. The van der Waals surface area contributed by atoms with E-state index < -0.39 is 24.0 Å². The second kappa shape index (κ2) is 7.73. The molecule has 0 rings (SSSR count). The van der Waals surface area contributed by atoms with Crippen molar-refractivity contribution in [2.45, 2.75) is 31.8 Å². The molecule has 0 saturated heterocycles. The van der Waals surface area contributed by atoms with Gasteiger partial charge in [-0.15, -0.1) is 0 Å². The molecular formula is C12H21NO6. The largest absolute Gasteiger partial charge is 0.550 e. The Morgan fingerprint density at radius 1 is 1.21 bits per heavy atom. The summed E-state index contributed by atoms with van der Waals surface area (Å²) in [5.74, 6) is -2.84. The molecule has 19 heavy (non-hydrogen) atoms. The number of carbonyl (C=O) groups excluding carboxylic acids is 2. The molecule has 110 valence electrons. The molecular weight excluding hydrogens is 254 g/mol. The number of carboxylic acid groups (broad SMARTS) is 2. The first kappa shape index (κ1) is 17.4. The van der Waals surface area contributed by atoms with Crippen LogP contribution in [0.4, 0.5) is 0 Å². The highest BCUT2D eigenvalue weighted by Gasteiger charge is 2.24. The Kier molecular flexibility index (Phi) is 7.06. The lowest BCUT2D eigenvalue weighted by atomic mass is 10.2. The highest BCUT2D eigenvalue weighted by atomic mass is 16.5. The van der Waals surface area contributed by atoms with E-state index in [1.54, 1.807) is 0 Å². The lowest BCUT2D eigenvalue weighted by Gasteiger charge is -2.28. The highest BCUT2D eigenvalue weighted by molar-refractivity contribution is 5.72. The second-order valence-electron chi connectivity index (χ2n) is 5.41. The summed E-state index contributed by atoms with van der Waals surface area (Å²) in [6.45, 7) is 0.374. The van der Waals surface area contributed by atoms with Gasteiger partial charge in [-0.1, -0.05) is 0 Å². The molecule has 0 aromatic rings. The number of ether oxygens (including phenoxy) is 1. The lowest BCUT2D eigenvalue weighted by Crippen LogP contribution is -2.43. The molecule has 0 aromatic carbocycles. The van der Waals surface area contributed by atoms with Gasteiger partial charge >= 0.3 is 11.9 Å². The minimum Gasteiger partial charge on any atom is -0.550 e. The fourth-order valence-corrected chi connectivity index (χ4v) is 1.57. The molecule has 0 amide bonds. The summed E-state index contributed by atoms with van der Waals surface area (Å²) in [5.41, 5.74) is 0. The maximum absolute atomic E-state index is 11.5. The molecule has 0 fully saturated rings. The zero-order valence-electron chi connectivity index (χ0n) is 11.5. The Bertz CT molecular complexity index is 334. The topological polar surface area (TPSA) is 104 Å². The third kappa shape index (κ3) is 11.2. The fourth-order valence-electron chi connectivity index (χ4n) is 1.57. The fraction of sp³-hybridized carbons (Fsp3) is 0.750. The van der Waals surface area contributed by atoms with E-state index in [9.17, 15) is 19.5 Å². The number of aliphatic carboxylic acids is 2. The van der Waals surface area contributed by atoms with Crippen molar-refractivity contribution in [1.82, 2.24) is 0 Å². The van der Waals surface area contributed by atoms with Gasteiger partial charge in [0.05, 0.1) is 27.6 Å². The van der Waals surface area contributed by atoms with Gasteiger partial charge in [0.2, 0.25) is 0 Å². The molecule has 7 nitrogen and oxygen atoms in total. The van der Waals surface area contributed by atoms with Crippen LogP contribution in [0.15, 0.2) is 0 Å². The van der Waals surface area contributed by atoms with E-state index in [0.717, 1.165) is 0 Å². The van der Waals surface area contributed by atoms with E-state index in [4.69, 9.17) is 9.84 Å². The van der Waals surface area contributed by atoms with Gasteiger partial charge in [-0.05, 0) is 12.8 Å². The number of esters is 1. The predicted molar refractivity (Wildman–Crippen MR) is 63.9 cm³/mol. The first-order chi connectivity index (χ1) is 8.60. The molecule has 0 unspecified atom stereocenters. The van der Waals surface area contributed by atoms with E-state index in [1.807, 2.05) is 21.1 Å². The third-order valence-corrected chi connectivity index (χ3v) is 2.21. The Labute approximate surface area is 112 Å². The Morgan fingerprint density at radius 3 is 2.21 bits per heavy atom. The molecule has 1 N–H and O–H groups in total. The number of hydrogen-bond acceptors (Lipinski definition) is 5. The van der Waals surface area contributed by atoms with Gasteiger partial charge in [0.1, 0.15) is 6.54 Å². The van der Waals surface area contributed by atoms with Crippen molar-refractivity contribution >= 4 is 17.9 Å². The summed E-state index contributed by atoms with van der Waals surface area (Å²) in [4.78, 5) is 32.4. The molecule has 0 bridgehead atoms. The van der Waals surface area contributed by atoms with Gasteiger partial charge in [0.25, 0.3) is 0 Å². The van der Waals surface area contributed by atoms with Crippen LogP contribution in [0, 0.1) is 0 Å². The molecule has 0 aromatic heterocycles. The molecule has 7 heteroatoms. The quantitative estimate of drug-likeness (QED) is 0.427. The van der Waals surface area contributed by atoms with Crippen LogP contribution < -0.4 is 5.11 Å². The van der Waals surface area contributed by atoms with E-state index in [1.165, 1.54) is 0 Å². The minimum absolute atomic E-state index is 0.0543. The third-order valence-electron chi connectivity index (χ3n) is 2.21. The maximum Gasteiger partial charge on any atom is 0.307 e. The average Bonchev–Trinajstić information content (AvgIpc) is 2.12.